The summed E-state index contributed by atoms with van der Waals surface area (Å²) in [6.07, 6.45) is 9.03. The van der Waals surface area contributed by atoms with Crippen molar-refractivity contribution in [2.24, 2.45) is 5.16 Å². The number of nitrogens with zero attached hydrogens (tertiary/aromatic N) is 3. The lowest BCUT2D eigenvalue weighted by atomic mass is 10.1. The summed E-state index contributed by atoms with van der Waals surface area (Å²) in [7, 11) is 0. The van der Waals surface area contributed by atoms with Crippen molar-refractivity contribution in [2.45, 2.75) is 19.3 Å². The Bertz CT molecular complexity index is 1160. The van der Waals surface area contributed by atoms with E-state index in [1.807, 2.05) is 18.3 Å². The van der Waals surface area contributed by atoms with Gasteiger partial charge in [0.25, 0.3) is 0 Å². The van der Waals surface area contributed by atoms with E-state index < -0.39 is 0 Å². The smallest absolute Gasteiger partial charge is 0.155 e. The molecule has 3 heterocycles. The standard InChI is InChI=1S/C24H25N3O3/c28-26-21-15-24(22-14-18-4-1-5-19(18)16-25-22)30-23-7-6-17(13-20(21)23)3-2-8-27-9-11-29-12-10-27/h1,5-7,13-16,28H,2-4,8-12H2/b26-21-. The molecule has 0 radical (unpaired) electrons. The Morgan fingerprint density at radius 1 is 1.13 bits per heavy atom. The van der Waals surface area contributed by atoms with Crippen molar-refractivity contribution in [1.29, 1.82) is 0 Å². The SMILES string of the molecule is O/N=c1/cc(-c2cc3c(cn2)C=CC3)oc2ccc(CCCN3CCOCC3)cc12. The Kier molecular flexibility index (Phi) is 5.34. The number of benzene rings is 1. The fourth-order valence-electron chi connectivity index (χ4n) is 4.19. The average molecular weight is 403 g/mol. The second-order valence-electron chi connectivity index (χ2n) is 7.86. The van der Waals surface area contributed by atoms with Crippen LogP contribution >= 0.6 is 0 Å². The zero-order valence-corrected chi connectivity index (χ0v) is 16.9. The fourth-order valence-corrected chi connectivity index (χ4v) is 4.19. The molecule has 6 heteroatoms. The van der Waals surface area contributed by atoms with Crippen molar-refractivity contribution in [3.8, 4) is 11.5 Å². The molecular weight excluding hydrogens is 378 g/mol. The molecule has 0 amide bonds. The first-order valence-electron chi connectivity index (χ1n) is 10.5. The summed E-state index contributed by atoms with van der Waals surface area (Å²) in [6, 6.07) is 9.93. The highest BCUT2D eigenvalue weighted by Gasteiger charge is 2.13. The summed E-state index contributed by atoms with van der Waals surface area (Å²) in [5.74, 6) is 0.602. The van der Waals surface area contributed by atoms with Crippen molar-refractivity contribution in [1.82, 2.24) is 9.88 Å². The molecule has 3 aromatic rings. The molecule has 0 spiro atoms. The van der Waals surface area contributed by atoms with Crippen LogP contribution < -0.4 is 5.36 Å². The van der Waals surface area contributed by atoms with Gasteiger partial charge in [-0.1, -0.05) is 23.4 Å². The Labute approximate surface area is 175 Å². The Morgan fingerprint density at radius 2 is 2.03 bits per heavy atom. The molecule has 0 unspecified atom stereocenters. The maximum absolute atomic E-state index is 9.63. The second kappa shape index (κ2) is 8.42. The number of morpholine rings is 1. The highest BCUT2D eigenvalue weighted by Crippen LogP contribution is 2.26. The minimum Gasteiger partial charge on any atom is -0.454 e. The third-order valence-corrected chi connectivity index (χ3v) is 5.87. The number of allylic oxidation sites excluding steroid dienone is 1. The molecule has 2 aliphatic rings. The van der Waals surface area contributed by atoms with Gasteiger partial charge in [-0.05, 0) is 60.7 Å². The summed E-state index contributed by atoms with van der Waals surface area (Å²) in [5.41, 5.74) is 5.03. The zero-order valence-electron chi connectivity index (χ0n) is 16.9. The van der Waals surface area contributed by atoms with Gasteiger partial charge in [-0.3, -0.25) is 9.88 Å². The molecule has 30 heavy (non-hydrogen) atoms. The molecule has 0 saturated carbocycles. The van der Waals surface area contributed by atoms with Crippen LogP contribution in [0.25, 0.3) is 28.5 Å². The fraction of sp³-hybridized carbons (Fsp3) is 0.333. The number of pyridine rings is 1. The van der Waals surface area contributed by atoms with E-state index in [4.69, 9.17) is 9.15 Å². The van der Waals surface area contributed by atoms with Crippen LogP contribution in [0.2, 0.25) is 0 Å². The third kappa shape index (κ3) is 3.88. The van der Waals surface area contributed by atoms with E-state index in [9.17, 15) is 5.21 Å². The van der Waals surface area contributed by atoms with E-state index in [0.717, 1.165) is 68.8 Å². The average Bonchev–Trinajstić information content (AvgIpc) is 3.27. The van der Waals surface area contributed by atoms with Crippen LogP contribution in [0.3, 0.4) is 0 Å². The van der Waals surface area contributed by atoms with Crippen LogP contribution in [-0.4, -0.2) is 47.9 Å². The minimum atomic E-state index is 0.502. The Morgan fingerprint density at radius 3 is 2.90 bits per heavy atom. The highest BCUT2D eigenvalue weighted by atomic mass is 16.5. The van der Waals surface area contributed by atoms with Gasteiger partial charge in [-0.25, -0.2) is 0 Å². The molecule has 154 valence electrons. The van der Waals surface area contributed by atoms with E-state index >= 15 is 0 Å². The molecule has 6 nitrogen and oxygen atoms in total. The normalized spacial score (nSPS) is 17.0. The number of hydrogen-bond acceptors (Lipinski definition) is 6. The van der Waals surface area contributed by atoms with Gasteiger partial charge in [0.2, 0.25) is 0 Å². The van der Waals surface area contributed by atoms with Crippen LogP contribution in [0.5, 0.6) is 0 Å². The molecule has 1 N–H and O–H groups in total. The molecule has 0 atom stereocenters. The number of fused-ring (bicyclic) bond motifs is 2. The number of aryl methyl sites for hydroxylation is 1. The molecule has 2 aromatic heterocycles. The molecular formula is C24H25N3O3. The largest absolute Gasteiger partial charge is 0.454 e. The van der Waals surface area contributed by atoms with E-state index in [0.29, 0.717) is 16.7 Å². The quantitative estimate of drug-likeness (QED) is 0.520. The van der Waals surface area contributed by atoms with Crippen LogP contribution in [0.1, 0.15) is 23.1 Å². The van der Waals surface area contributed by atoms with Gasteiger partial charge in [-0.2, -0.15) is 0 Å². The van der Waals surface area contributed by atoms with Crippen molar-refractivity contribution >= 4 is 17.0 Å². The minimum absolute atomic E-state index is 0.502. The molecule has 1 aliphatic carbocycles. The van der Waals surface area contributed by atoms with Gasteiger partial charge in [0, 0.05) is 30.7 Å². The summed E-state index contributed by atoms with van der Waals surface area (Å²) >= 11 is 0. The number of ether oxygens (including phenoxy) is 1. The first-order valence-corrected chi connectivity index (χ1v) is 10.5. The number of aromatic nitrogens is 1. The van der Waals surface area contributed by atoms with Gasteiger partial charge < -0.3 is 14.4 Å². The van der Waals surface area contributed by atoms with Crippen molar-refractivity contribution < 1.29 is 14.4 Å². The first kappa shape index (κ1) is 19.0. The molecule has 1 aliphatic heterocycles. The van der Waals surface area contributed by atoms with Crippen LogP contribution in [0.4, 0.5) is 0 Å². The lowest BCUT2D eigenvalue weighted by molar-refractivity contribution is 0.0375. The molecule has 5 rings (SSSR count). The molecule has 1 saturated heterocycles. The third-order valence-electron chi connectivity index (χ3n) is 5.87. The van der Waals surface area contributed by atoms with Gasteiger partial charge in [-0.15, -0.1) is 0 Å². The lowest BCUT2D eigenvalue weighted by Crippen LogP contribution is -2.36. The monoisotopic (exact) mass is 403 g/mol. The van der Waals surface area contributed by atoms with Crippen molar-refractivity contribution in [3.63, 3.8) is 0 Å². The number of hydrogen-bond donors (Lipinski definition) is 1. The van der Waals surface area contributed by atoms with E-state index in [1.54, 1.807) is 6.07 Å². The second-order valence-corrected chi connectivity index (χ2v) is 7.86. The van der Waals surface area contributed by atoms with Crippen molar-refractivity contribution in [2.75, 3.05) is 32.8 Å². The Hall–Kier alpha value is -2.96. The summed E-state index contributed by atoms with van der Waals surface area (Å²) < 4.78 is 11.5. The molecule has 0 bridgehead atoms. The summed E-state index contributed by atoms with van der Waals surface area (Å²) in [6.45, 7) is 4.76. The lowest BCUT2D eigenvalue weighted by Gasteiger charge is -2.26. The van der Waals surface area contributed by atoms with Crippen LogP contribution in [0.15, 0.2) is 52.2 Å². The predicted molar refractivity (Wildman–Crippen MR) is 115 cm³/mol. The zero-order chi connectivity index (χ0) is 20.3. The highest BCUT2D eigenvalue weighted by molar-refractivity contribution is 5.79. The van der Waals surface area contributed by atoms with Gasteiger partial charge in [0.05, 0.1) is 13.2 Å². The topological polar surface area (TPSA) is 71.1 Å². The van der Waals surface area contributed by atoms with Gasteiger partial charge in [0.15, 0.2) is 5.76 Å². The summed E-state index contributed by atoms with van der Waals surface area (Å²) in [5, 5.41) is 14.5. The van der Waals surface area contributed by atoms with Crippen LogP contribution in [-0.2, 0) is 17.6 Å². The van der Waals surface area contributed by atoms with E-state index in [-0.39, 0.29) is 0 Å². The Balaban J connectivity index is 1.38. The van der Waals surface area contributed by atoms with Crippen molar-refractivity contribution in [3.05, 3.63) is 64.7 Å². The predicted octanol–water partition coefficient (Wildman–Crippen LogP) is 3.62. The van der Waals surface area contributed by atoms with E-state index in [2.05, 4.69) is 39.3 Å². The first-order chi connectivity index (χ1) is 14.8. The number of rotatable bonds is 5. The maximum atomic E-state index is 9.63. The maximum Gasteiger partial charge on any atom is 0.155 e. The van der Waals surface area contributed by atoms with Gasteiger partial charge >= 0.3 is 0 Å². The molecule has 1 fully saturated rings. The molecule has 1 aromatic carbocycles. The summed E-state index contributed by atoms with van der Waals surface area (Å²) in [4.78, 5) is 6.97. The van der Waals surface area contributed by atoms with Gasteiger partial charge in [0.1, 0.15) is 16.6 Å². The van der Waals surface area contributed by atoms with Crippen LogP contribution in [0, 0.1) is 0 Å². The van der Waals surface area contributed by atoms with E-state index in [1.165, 1.54) is 11.1 Å².